The summed E-state index contributed by atoms with van der Waals surface area (Å²) < 4.78 is 0. The molecule has 0 saturated heterocycles. The molecule has 0 aromatic carbocycles. The molecule has 0 bridgehead atoms. The fourth-order valence-corrected chi connectivity index (χ4v) is 3.04. The van der Waals surface area contributed by atoms with Crippen molar-refractivity contribution < 1.29 is 4.79 Å². The average molecular weight is 276 g/mol. The lowest BCUT2D eigenvalue weighted by Crippen LogP contribution is -2.31. The summed E-state index contributed by atoms with van der Waals surface area (Å²) in [6.45, 7) is 4.83. The number of hydrogen-bond acceptors (Lipinski definition) is 3. The lowest BCUT2D eigenvalue weighted by Gasteiger charge is -2.15. The van der Waals surface area contributed by atoms with Crippen LogP contribution in [0.3, 0.4) is 0 Å². The van der Waals surface area contributed by atoms with Gasteiger partial charge in [-0.25, -0.2) is 0 Å². The van der Waals surface area contributed by atoms with Crippen molar-refractivity contribution in [2.45, 2.75) is 45.4 Å². The molecule has 1 aromatic rings. The molecule has 1 amide bonds. The zero-order chi connectivity index (χ0) is 14.3. The number of carbonyl (C=O) groups is 1. The van der Waals surface area contributed by atoms with Crippen LogP contribution in [0.1, 0.15) is 61.6 Å². The van der Waals surface area contributed by atoms with E-state index in [0.717, 1.165) is 24.1 Å². The summed E-state index contributed by atoms with van der Waals surface area (Å²) >= 11 is 0. The SMILES string of the molecule is CC(C)c1[nH]nc(C(=O)NCC(C2CC2)C2CC2)c1N. The molecule has 3 rings (SSSR count). The minimum Gasteiger partial charge on any atom is -0.395 e. The van der Waals surface area contributed by atoms with Gasteiger partial charge in [0.15, 0.2) is 5.69 Å². The first-order chi connectivity index (χ1) is 9.58. The van der Waals surface area contributed by atoms with Gasteiger partial charge in [0.2, 0.25) is 0 Å². The van der Waals surface area contributed by atoms with Gasteiger partial charge in [0.1, 0.15) is 0 Å². The van der Waals surface area contributed by atoms with Crippen LogP contribution in [0, 0.1) is 17.8 Å². The smallest absolute Gasteiger partial charge is 0.273 e. The van der Waals surface area contributed by atoms with E-state index in [9.17, 15) is 4.79 Å². The number of amides is 1. The lowest BCUT2D eigenvalue weighted by molar-refractivity contribution is 0.0939. The molecule has 1 aromatic heterocycles. The maximum atomic E-state index is 12.2. The number of nitrogens with one attached hydrogen (secondary N) is 2. The van der Waals surface area contributed by atoms with Gasteiger partial charge in [-0.15, -0.1) is 0 Å². The van der Waals surface area contributed by atoms with E-state index in [2.05, 4.69) is 15.5 Å². The Balaban J connectivity index is 1.61. The number of carbonyl (C=O) groups excluding carboxylic acids is 1. The first kappa shape index (κ1) is 13.5. The zero-order valence-electron chi connectivity index (χ0n) is 12.3. The highest BCUT2D eigenvalue weighted by Gasteiger charge is 2.41. The highest BCUT2D eigenvalue weighted by Crippen LogP contribution is 2.48. The predicted molar refractivity (Wildman–Crippen MR) is 78.4 cm³/mol. The molecule has 0 spiro atoms. The number of H-pyrrole nitrogens is 1. The van der Waals surface area contributed by atoms with E-state index in [0.29, 0.717) is 17.3 Å². The van der Waals surface area contributed by atoms with Crippen LogP contribution >= 0.6 is 0 Å². The highest BCUT2D eigenvalue weighted by atomic mass is 16.1. The summed E-state index contributed by atoms with van der Waals surface area (Å²) in [5.74, 6) is 2.45. The molecule has 110 valence electrons. The molecule has 2 saturated carbocycles. The van der Waals surface area contributed by atoms with Gasteiger partial charge in [0.25, 0.3) is 5.91 Å². The molecule has 20 heavy (non-hydrogen) atoms. The summed E-state index contributed by atoms with van der Waals surface area (Å²) in [7, 11) is 0. The number of aromatic nitrogens is 2. The van der Waals surface area contributed by atoms with Gasteiger partial charge in [0.05, 0.1) is 11.4 Å². The van der Waals surface area contributed by atoms with Crippen molar-refractivity contribution in [3.63, 3.8) is 0 Å². The standard InChI is InChI=1S/C15H24N4O/c1-8(2)13-12(16)14(19-18-13)15(20)17-7-11(9-3-4-9)10-5-6-10/h8-11H,3-7,16H2,1-2H3,(H,17,20)(H,18,19). The van der Waals surface area contributed by atoms with Crippen molar-refractivity contribution in [3.8, 4) is 0 Å². The van der Waals surface area contributed by atoms with E-state index in [1.807, 2.05) is 13.8 Å². The van der Waals surface area contributed by atoms with Gasteiger partial charge in [0, 0.05) is 6.54 Å². The number of nitrogen functional groups attached to an aromatic ring is 1. The number of nitrogens with two attached hydrogens (primary N) is 1. The van der Waals surface area contributed by atoms with E-state index < -0.39 is 0 Å². The van der Waals surface area contributed by atoms with Crippen LogP contribution in [-0.4, -0.2) is 22.6 Å². The van der Waals surface area contributed by atoms with Crippen molar-refractivity contribution in [3.05, 3.63) is 11.4 Å². The number of aromatic amines is 1. The second-order valence-electron chi connectivity index (χ2n) is 6.60. The molecular formula is C15H24N4O. The molecular weight excluding hydrogens is 252 g/mol. The Morgan fingerprint density at radius 1 is 1.35 bits per heavy atom. The van der Waals surface area contributed by atoms with Crippen molar-refractivity contribution in [1.82, 2.24) is 15.5 Å². The van der Waals surface area contributed by atoms with Crippen molar-refractivity contribution in [2.24, 2.45) is 17.8 Å². The first-order valence-electron chi connectivity index (χ1n) is 7.69. The van der Waals surface area contributed by atoms with Crippen molar-refractivity contribution >= 4 is 11.6 Å². The third kappa shape index (κ3) is 2.67. The molecule has 4 N–H and O–H groups in total. The van der Waals surface area contributed by atoms with E-state index in [1.165, 1.54) is 25.7 Å². The lowest BCUT2D eigenvalue weighted by atomic mass is 9.98. The average Bonchev–Trinajstić information content (AvgIpc) is 3.29. The van der Waals surface area contributed by atoms with Crippen LogP contribution in [0.4, 0.5) is 5.69 Å². The van der Waals surface area contributed by atoms with Gasteiger partial charge in [-0.3, -0.25) is 9.89 Å². The molecule has 2 fully saturated rings. The minimum absolute atomic E-state index is 0.142. The van der Waals surface area contributed by atoms with E-state index in [1.54, 1.807) is 0 Å². The topological polar surface area (TPSA) is 83.8 Å². The van der Waals surface area contributed by atoms with Crippen LogP contribution < -0.4 is 11.1 Å². The van der Waals surface area contributed by atoms with E-state index in [-0.39, 0.29) is 11.8 Å². The van der Waals surface area contributed by atoms with Gasteiger partial charge in [-0.1, -0.05) is 13.8 Å². The Kier molecular flexibility index (Phi) is 3.44. The van der Waals surface area contributed by atoms with Gasteiger partial charge >= 0.3 is 0 Å². The van der Waals surface area contributed by atoms with Crippen LogP contribution in [0.5, 0.6) is 0 Å². The molecule has 5 heteroatoms. The highest BCUT2D eigenvalue weighted by molar-refractivity contribution is 5.97. The Morgan fingerprint density at radius 3 is 2.40 bits per heavy atom. The quantitative estimate of drug-likeness (QED) is 0.745. The number of hydrogen-bond donors (Lipinski definition) is 3. The maximum absolute atomic E-state index is 12.2. The molecule has 0 radical (unpaired) electrons. The fraction of sp³-hybridized carbons (Fsp3) is 0.733. The first-order valence-corrected chi connectivity index (χ1v) is 7.69. The second kappa shape index (κ2) is 5.11. The van der Waals surface area contributed by atoms with Gasteiger partial charge in [-0.2, -0.15) is 5.10 Å². The molecule has 1 heterocycles. The minimum atomic E-state index is -0.142. The maximum Gasteiger partial charge on any atom is 0.273 e. The summed E-state index contributed by atoms with van der Waals surface area (Å²) in [6, 6.07) is 0. The third-order valence-corrected chi connectivity index (χ3v) is 4.58. The second-order valence-corrected chi connectivity index (χ2v) is 6.60. The molecule has 0 unspecified atom stereocenters. The number of anilines is 1. The molecule has 0 atom stereocenters. The van der Waals surface area contributed by atoms with E-state index >= 15 is 0 Å². The van der Waals surface area contributed by atoms with Gasteiger partial charge < -0.3 is 11.1 Å². The monoisotopic (exact) mass is 276 g/mol. The zero-order valence-corrected chi connectivity index (χ0v) is 12.3. The molecule has 2 aliphatic carbocycles. The predicted octanol–water partition coefficient (Wildman–Crippen LogP) is 2.28. The van der Waals surface area contributed by atoms with Crippen LogP contribution in [-0.2, 0) is 0 Å². The van der Waals surface area contributed by atoms with Crippen LogP contribution in [0.15, 0.2) is 0 Å². The summed E-state index contributed by atoms with van der Waals surface area (Å²) in [5.41, 5.74) is 7.68. The largest absolute Gasteiger partial charge is 0.395 e. The molecule has 5 nitrogen and oxygen atoms in total. The van der Waals surface area contributed by atoms with Crippen molar-refractivity contribution in [2.75, 3.05) is 12.3 Å². The Labute approximate surface area is 119 Å². The Bertz CT molecular complexity index is 488. The summed E-state index contributed by atoms with van der Waals surface area (Å²) in [5, 5.41) is 9.98. The van der Waals surface area contributed by atoms with Gasteiger partial charge in [-0.05, 0) is 49.4 Å². The summed E-state index contributed by atoms with van der Waals surface area (Å²) in [4.78, 5) is 12.2. The Morgan fingerprint density at radius 2 is 1.95 bits per heavy atom. The number of nitrogens with zero attached hydrogens (tertiary/aromatic N) is 1. The van der Waals surface area contributed by atoms with Crippen molar-refractivity contribution in [1.29, 1.82) is 0 Å². The number of rotatable bonds is 6. The summed E-state index contributed by atoms with van der Waals surface area (Å²) in [6.07, 6.45) is 5.33. The fourth-order valence-electron chi connectivity index (χ4n) is 3.04. The molecule has 0 aliphatic heterocycles. The molecule has 2 aliphatic rings. The normalized spacial score (nSPS) is 18.8. The van der Waals surface area contributed by atoms with E-state index in [4.69, 9.17) is 5.73 Å². The Hall–Kier alpha value is -1.52. The van der Waals surface area contributed by atoms with Crippen LogP contribution in [0.25, 0.3) is 0 Å². The van der Waals surface area contributed by atoms with Crippen LogP contribution in [0.2, 0.25) is 0 Å². The third-order valence-electron chi connectivity index (χ3n) is 4.58.